The van der Waals surface area contributed by atoms with E-state index in [4.69, 9.17) is 4.74 Å². The van der Waals surface area contributed by atoms with E-state index in [0.29, 0.717) is 48.9 Å². The fourth-order valence-corrected chi connectivity index (χ4v) is 6.17. The summed E-state index contributed by atoms with van der Waals surface area (Å²) in [5.74, 6) is -1.07. The number of hydrogen-bond acceptors (Lipinski definition) is 9. The van der Waals surface area contributed by atoms with Crippen molar-refractivity contribution >= 4 is 17.7 Å². The summed E-state index contributed by atoms with van der Waals surface area (Å²) in [6.07, 6.45) is 4.89. The van der Waals surface area contributed by atoms with Crippen LogP contribution in [0.4, 0.5) is 10.1 Å². The number of pyridine rings is 1. The van der Waals surface area contributed by atoms with Crippen LogP contribution in [0.5, 0.6) is 11.5 Å². The lowest BCUT2D eigenvalue weighted by molar-refractivity contribution is -0.134. The molecule has 0 radical (unpaired) electrons. The number of nitrogens with one attached hydrogen (secondary N) is 1. The first-order valence-corrected chi connectivity index (χ1v) is 15.7. The molecule has 10 heteroatoms. The predicted octanol–water partition coefficient (Wildman–Crippen LogP) is 6.34. The zero-order chi connectivity index (χ0) is 34.0. The molecule has 9 nitrogen and oxygen atoms in total. The molecule has 0 spiro atoms. The minimum Gasteiger partial charge on any atom is -0.505 e. The maximum Gasteiger partial charge on any atom is 0.330 e. The second-order valence-electron chi connectivity index (χ2n) is 11.4. The van der Waals surface area contributed by atoms with Gasteiger partial charge < -0.3 is 24.8 Å². The second kappa shape index (κ2) is 15.7. The van der Waals surface area contributed by atoms with Gasteiger partial charge in [0.1, 0.15) is 23.4 Å². The van der Waals surface area contributed by atoms with Crippen molar-refractivity contribution in [3.05, 3.63) is 113 Å². The fraction of sp³-hybridized carbons (Fsp3) is 0.263. The topological polar surface area (TPSA) is 132 Å². The number of ether oxygens (including phenoxy) is 2. The minimum absolute atomic E-state index is 0.00626. The summed E-state index contributed by atoms with van der Waals surface area (Å²) in [6.45, 7) is 3.62. The largest absolute Gasteiger partial charge is 0.505 e. The molecule has 5 rings (SSSR count). The van der Waals surface area contributed by atoms with Crippen LogP contribution in [0.1, 0.15) is 41.6 Å². The van der Waals surface area contributed by atoms with Gasteiger partial charge in [0.2, 0.25) is 0 Å². The molecule has 48 heavy (non-hydrogen) atoms. The maximum atomic E-state index is 14.8. The van der Waals surface area contributed by atoms with Crippen LogP contribution in [0.15, 0.2) is 85.1 Å². The zero-order valence-electron chi connectivity index (χ0n) is 26.8. The van der Waals surface area contributed by atoms with Gasteiger partial charge in [-0.05, 0) is 54.5 Å². The fourth-order valence-electron chi connectivity index (χ4n) is 6.17. The van der Waals surface area contributed by atoms with Gasteiger partial charge in [0.05, 0.1) is 31.0 Å². The van der Waals surface area contributed by atoms with Crippen molar-refractivity contribution in [3.8, 4) is 34.8 Å². The number of benzene rings is 3. The van der Waals surface area contributed by atoms with Crippen LogP contribution < -0.4 is 15.0 Å². The second-order valence-corrected chi connectivity index (χ2v) is 11.4. The van der Waals surface area contributed by atoms with Gasteiger partial charge in [-0.2, -0.15) is 10.5 Å². The van der Waals surface area contributed by atoms with E-state index in [2.05, 4.69) is 21.1 Å². The van der Waals surface area contributed by atoms with E-state index in [1.807, 2.05) is 66.4 Å². The quantitative estimate of drug-likeness (QED) is 0.142. The molecule has 0 saturated carbocycles. The summed E-state index contributed by atoms with van der Waals surface area (Å²) in [7, 11) is 1.33. The monoisotopic (exact) mass is 645 g/mol. The lowest BCUT2D eigenvalue weighted by Crippen LogP contribution is -2.54. The van der Waals surface area contributed by atoms with Gasteiger partial charge in [-0.25, -0.2) is 9.18 Å². The van der Waals surface area contributed by atoms with Gasteiger partial charge in [-0.1, -0.05) is 42.5 Å². The van der Waals surface area contributed by atoms with Gasteiger partial charge in [0, 0.05) is 73.0 Å². The molecule has 3 unspecified atom stereocenters. The Balaban J connectivity index is 1.52. The molecule has 2 heterocycles. The molecule has 1 saturated heterocycles. The van der Waals surface area contributed by atoms with Crippen molar-refractivity contribution in [1.29, 1.82) is 10.5 Å². The molecule has 0 aliphatic carbocycles. The van der Waals surface area contributed by atoms with Crippen molar-refractivity contribution in [2.75, 3.05) is 31.7 Å². The summed E-state index contributed by atoms with van der Waals surface area (Å²) in [5.41, 5.74) is 4.08. The molecule has 1 aliphatic heterocycles. The number of carbonyl (C=O) groups excluding carboxylic acids is 1. The van der Waals surface area contributed by atoms with E-state index in [-0.39, 0.29) is 29.7 Å². The van der Waals surface area contributed by atoms with Crippen LogP contribution in [0.3, 0.4) is 0 Å². The number of aromatic hydroxyl groups is 1. The number of nitrogens with zero attached hydrogens (tertiary/aromatic N) is 4. The highest BCUT2D eigenvalue weighted by atomic mass is 19.1. The molecule has 244 valence electrons. The third-order valence-corrected chi connectivity index (χ3v) is 8.52. The molecular weight excluding hydrogens is 609 g/mol. The first-order valence-electron chi connectivity index (χ1n) is 15.7. The summed E-state index contributed by atoms with van der Waals surface area (Å²) in [4.78, 5) is 18.2. The molecule has 1 aromatic heterocycles. The van der Waals surface area contributed by atoms with Gasteiger partial charge >= 0.3 is 5.97 Å². The number of carbonyl (C=O) groups is 1. The number of nitriles is 2. The van der Waals surface area contributed by atoms with E-state index in [9.17, 15) is 24.8 Å². The smallest absolute Gasteiger partial charge is 0.330 e. The number of halogens is 1. The molecular formula is C38H36FN5O4. The average molecular weight is 646 g/mol. The highest BCUT2D eigenvalue weighted by molar-refractivity contribution is 5.86. The summed E-state index contributed by atoms with van der Waals surface area (Å²) in [6, 6.07) is 25.3. The SMILES string of the molecule is CCOc1ccccc1-c1ccnc(C2CN(c3ccc(C#N)c(F)c3)CC(CC#N)C2NCc2ccc(/C=C/C(=O)OC)cc2)c1O. The minimum atomic E-state index is -0.621. The van der Waals surface area contributed by atoms with Crippen LogP contribution in [-0.2, 0) is 16.1 Å². The molecule has 0 bridgehead atoms. The van der Waals surface area contributed by atoms with E-state index in [0.717, 1.165) is 16.7 Å². The Bertz CT molecular complexity index is 1860. The van der Waals surface area contributed by atoms with Gasteiger partial charge in [0.25, 0.3) is 0 Å². The molecule has 1 aliphatic rings. The molecule has 1 fully saturated rings. The van der Waals surface area contributed by atoms with Crippen LogP contribution in [0.25, 0.3) is 17.2 Å². The van der Waals surface area contributed by atoms with Crippen LogP contribution in [-0.4, -0.2) is 48.9 Å². The predicted molar refractivity (Wildman–Crippen MR) is 180 cm³/mol. The normalized spacial score (nSPS) is 17.4. The Morgan fingerprint density at radius 1 is 1.10 bits per heavy atom. The van der Waals surface area contributed by atoms with Crippen molar-refractivity contribution < 1.29 is 23.8 Å². The van der Waals surface area contributed by atoms with Crippen molar-refractivity contribution in [3.63, 3.8) is 0 Å². The lowest BCUT2D eigenvalue weighted by Gasteiger charge is -2.45. The lowest BCUT2D eigenvalue weighted by atomic mass is 9.79. The number of esters is 1. The highest BCUT2D eigenvalue weighted by Gasteiger charge is 2.40. The molecule has 3 aromatic carbocycles. The number of methoxy groups -OCH3 is 1. The Kier molecular flexibility index (Phi) is 11.0. The van der Waals surface area contributed by atoms with E-state index in [1.165, 1.54) is 25.3 Å². The van der Waals surface area contributed by atoms with Crippen molar-refractivity contribution in [1.82, 2.24) is 10.3 Å². The first-order chi connectivity index (χ1) is 23.4. The Morgan fingerprint density at radius 3 is 2.60 bits per heavy atom. The van der Waals surface area contributed by atoms with E-state index in [1.54, 1.807) is 24.4 Å². The average Bonchev–Trinajstić information content (AvgIpc) is 3.11. The number of aromatic nitrogens is 1. The van der Waals surface area contributed by atoms with Crippen molar-refractivity contribution in [2.24, 2.45) is 5.92 Å². The van der Waals surface area contributed by atoms with E-state index >= 15 is 0 Å². The molecule has 3 atom stereocenters. The molecule has 0 amide bonds. The van der Waals surface area contributed by atoms with Gasteiger partial charge in [-0.15, -0.1) is 0 Å². The number of rotatable bonds is 11. The Labute approximate surface area is 279 Å². The standard InChI is InChI=1S/C38H36FN5O4/c1-3-48-34-7-5-4-6-30(34)31-17-19-42-37(38(31)46)32-24-44(29-14-13-27(21-41)33(39)20-29)23-28(16-18-40)36(32)43-22-26-10-8-25(9-11-26)12-15-35(45)47-2/h4-15,17,19-20,28,32,36,43,46H,3,16,22-24H2,1-2H3/b15-12+. The summed E-state index contributed by atoms with van der Waals surface area (Å²) in [5, 5.41) is 34.7. The van der Waals surface area contributed by atoms with Crippen LogP contribution in [0.2, 0.25) is 0 Å². The zero-order valence-corrected chi connectivity index (χ0v) is 26.8. The first kappa shape index (κ1) is 33.6. The highest BCUT2D eigenvalue weighted by Crippen LogP contribution is 2.43. The van der Waals surface area contributed by atoms with Gasteiger partial charge in [-0.3, -0.25) is 4.98 Å². The third kappa shape index (κ3) is 7.63. The number of anilines is 1. The van der Waals surface area contributed by atoms with E-state index < -0.39 is 17.7 Å². The Morgan fingerprint density at radius 2 is 1.90 bits per heavy atom. The van der Waals surface area contributed by atoms with Gasteiger partial charge in [0.15, 0.2) is 0 Å². The third-order valence-electron chi connectivity index (χ3n) is 8.52. The number of para-hydroxylation sites is 1. The summed E-state index contributed by atoms with van der Waals surface area (Å²) >= 11 is 0. The molecule has 2 N–H and O–H groups in total. The number of hydrogen-bond donors (Lipinski definition) is 2. The van der Waals surface area contributed by atoms with Crippen LogP contribution in [0, 0.1) is 34.4 Å². The Hall–Kier alpha value is -5.71. The molecule has 4 aromatic rings. The van der Waals surface area contributed by atoms with Crippen molar-refractivity contribution in [2.45, 2.75) is 31.8 Å². The maximum absolute atomic E-state index is 14.8. The number of piperidine rings is 1. The van der Waals surface area contributed by atoms with Crippen LogP contribution >= 0.6 is 0 Å². The summed E-state index contributed by atoms with van der Waals surface area (Å²) < 4.78 is 25.3.